The molecular formula is C34H33ClF2N6O3. The number of aromatic hydroxyl groups is 1. The number of carbonyl (C=O) groups is 1. The van der Waals surface area contributed by atoms with Gasteiger partial charge < -0.3 is 25.0 Å². The van der Waals surface area contributed by atoms with E-state index in [1.165, 1.54) is 24.3 Å². The minimum absolute atomic E-state index is 0.0216. The molecule has 0 spiro atoms. The SMILES string of the molecule is CN1C(=O)C2C3CCC(CN2c2c1c(OCC14CCCN1CCC4)nc1c(F)c(-c4cc(O)cc5ccc(F)c(Cl)c45)ncc21)N3. The third-order valence-electron chi connectivity index (χ3n) is 11.0. The summed E-state index contributed by atoms with van der Waals surface area (Å²) in [4.78, 5) is 29.5. The van der Waals surface area contributed by atoms with E-state index in [0.717, 1.165) is 51.6 Å². The van der Waals surface area contributed by atoms with Gasteiger partial charge in [-0.25, -0.2) is 13.8 Å². The van der Waals surface area contributed by atoms with Gasteiger partial charge in [-0.15, -0.1) is 0 Å². The van der Waals surface area contributed by atoms with E-state index in [9.17, 15) is 14.3 Å². The Morgan fingerprint density at radius 3 is 2.76 bits per heavy atom. The van der Waals surface area contributed by atoms with Gasteiger partial charge in [0, 0.05) is 48.2 Å². The largest absolute Gasteiger partial charge is 0.508 e. The van der Waals surface area contributed by atoms with Crippen LogP contribution in [0.5, 0.6) is 11.6 Å². The van der Waals surface area contributed by atoms with Gasteiger partial charge in [0.2, 0.25) is 5.88 Å². The monoisotopic (exact) mass is 646 g/mol. The van der Waals surface area contributed by atoms with E-state index >= 15 is 4.39 Å². The van der Waals surface area contributed by atoms with Crippen molar-refractivity contribution < 1.29 is 23.4 Å². The van der Waals surface area contributed by atoms with Crippen molar-refractivity contribution in [1.82, 2.24) is 20.2 Å². The molecule has 0 saturated carbocycles. The highest BCUT2D eigenvalue weighted by atomic mass is 35.5. The van der Waals surface area contributed by atoms with Gasteiger partial charge in [-0.05, 0) is 75.2 Å². The number of piperazine rings is 1. The smallest absolute Gasteiger partial charge is 0.251 e. The number of halogens is 3. The minimum Gasteiger partial charge on any atom is -0.508 e. The first-order chi connectivity index (χ1) is 22.2. The average Bonchev–Trinajstić information content (AvgIpc) is 3.74. The van der Waals surface area contributed by atoms with Gasteiger partial charge >= 0.3 is 0 Å². The quantitative estimate of drug-likeness (QED) is 0.305. The molecule has 2 N–H and O–H groups in total. The molecule has 4 saturated heterocycles. The second-order valence-electron chi connectivity index (χ2n) is 13.5. The zero-order valence-electron chi connectivity index (χ0n) is 25.3. The third-order valence-corrected chi connectivity index (χ3v) is 11.4. The molecule has 2 bridgehead atoms. The van der Waals surface area contributed by atoms with E-state index in [1.807, 2.05) is 0 Å². The lowest BCUT2D eigenvalue weighted by atomic mass is 9.95. The number of aromatic nitrogens is 2. The number of hydrogen-bond acceptors (Lipinski definition) is 8. The lowest BCUT2D eigenvalue weighted by Crippen LogP contribution is -2.66. The highest BCUT2D eigenvalue weighted by Gasteiger charge is 2.51. The molecule has 9 nitrogen and oxygen atoms in total. The molecule has 4 fully saturated rings. The van der Waals surface area contributed by atoms with Crippen LogP contribution >= 0.6 is 11.6 Å². The molecule has 238 valence electrons. The van der Waals surface area contributed by atoms with Gasteiger partial charge in [-0.3, -0.25) is 14.7 Å². The lowest BCUT2D eigenvalue weighted by Gasteiger charge is -2.48. The highest BCUT2D eigenvalue weighted by Crippen LogP contribution is 2.50. The minimum atomic E-state index is -0.742. The standard InChI is InChI=1S/C34H33ClF2N6O3/c1-41-31-29(43-15-18-5-7-23(39-18)30(43)33(41)45)21-14-38-27(20-13-19(44)12-17-4-6-22(36)25(35)24(17)20)26(37)28(21)40-32(31)46-16-34-8-2-10-42(34)11-3-9-34/h4,6,12-14,18,23,30,39,44H,2-3,5,7-11,15-16H2,1H3. The molecular weight excluding hydrogens is 614 g/mol. The molecule has 5 aliphatic rings. The van der Waals surface area contributed by atoms with E-state index in [1.54, 1.807) is 18.1 Å². The summed E-state index contributed by atoms with van der Waals surface area (Å²) in [7, 11) is 1.74. The number of phenols is 1. The Bertz CT molecular complexity index is 1970. The number of ether oxygens (including phenoxy) is 1. The Morgan fingerprint density at radius 2 is 1.96 bits per heavy atom. The molecule has 46 heavy (non-hydrogen) atoms. The fraction of sp³-hybridized carbons (Fsp3) is 0.441. The molecule has 3 unspecified atom stereocenters. The summed E-state index contributed by atoms with van der Waals surface area (Å²) >= 11 is 6.41. The number of benzene rings is 2. The van der Waals surface area contributed by atoms with Gasteiger partial charge in [-0.2, -0.15) is 0 Å². The van der Waals surface area contributed by atoms with E-state index < -0.39 is 17.7 Å². The maximum atomic E-state index is 17.0. The molecule has 3 atom stereocenters. The number of nitrogens with one attached hydrogen (secondary N) is 1. The van der Waals surface area contributed by atoms with Crippen LogP contribution in [0.2, 0.25) is 5.02 Å². The van der Waals surface area contributed by atoms with E-state index in [4.69, 9.17) is 21.3 Å². The summed E-state index contributed by atoms with van der Waals surface area (Å²) in [6.07, 6.45) is 7.63. The zero-order valence-corrected chi connectivity index (χ0v) is 26.1. The van der Waals surface area contributed by atoms with Crippen LogP contribution in [0.15, 0.2) is 30.5 Å². The molecule has 0 aliphatic carbocycles. The number of nitrogens with zero attached hydrogens (tertiary/aromatic N) is 5. The van der Waals surface area contributed by atoms with Crippen LogP contribution in [0.25, 0.3) is 32.9 Å². The molecule has 2 aromatic carbocycles. The topological polar surface area (TPSA) is 94.1 Å². The maximum Gasteiger partial charge on any atom is 0.251 e. The van der Waals surface area contributed by atoms with Crippen LogP contribution in [0.3, 0.4) is 0 Å². The Kier molecular flexibility index (Phi) is 6.24. The summed E-state index contributed by atoms with van der Waals surface area (Å²) in [6.45, 7) is 3.03. The molecule has 7 heterocycles. The number of likely N-dealkylation sites (N-methyl/N-ethyl adjacent to an activating group) is 1. The molecule has 12 heteroatoms. The lowest BCUT2D eigenvalue weighted by molar-refractivity contribution is -0.120. The van der Waals surface area contributed by atoms with Crippen molar-refractivity contribution in [2.45, 2.75) is 62.2 Å². The second-order valence-corrected chi connectivity index (χ2v) is 13.9. The van der Waals surface area contributed by atoms with Gasteiger partial charge in [0.25, 0.3) is 5.91 Å². The van der Waals surface area contributed by atoms with E-state index in [-0.39, 0.29) is 62.3 Å². The average molecular weight is 647 g/mol. The predicted octanol–water partition coefficient (Wildman–Crippen LogP) is 5.38. The van der Waals surface area contributed by atoms with Crippen molar-refractivity contribution in [2.24, 2.45) is 0 Å². The highest BCUT2D eigenvalue weighted by molar-refractivity contribution is 6.37. The molecule has 1 amide bonds. The van der Waals surface area contributed by atoms with Crippen molar-refractivity contribution in [1.29, 1.82) is 0 Å². The van der Waals surface area contributed by atoms with Crippen molar-refractivity contribution >= 4 is 50.6 Å². The summed E-state index contributed by atoms with van der Waals surface area (Å²) in [5.41, 5.74) is 1.17. The van der Waals surface area contributed by atoms with E-state index in [2.05, 4.69) is 20.1 Å². The molecule has 5 aliphatic heterocycles. The number of hydrogen-bond donors (Lipinski definition) is 2. The van der Waals surface area contributed by atoms with E-state index in [0.29, 0.717) is 35.3 Å². The Hall–Kier alpha value is -3.80. The third kappa shape index (κ3) is 3.94. The zero-order chi connectivity index (χ0) is 31.5. The number of phenolic OH excluding ortho intramolecular Hbond substituents is 1. The van der Waals surface area contributed by atoms with Gasteiger partial charge in [0.15, 0.2) is 5.82 Å². The van der Waals surface area contributed by atoms with Crippen LogP contribution in [0.4, 0.5) is 20.2 Å². The van der Waals surface area contributed by atoms with Crippen LogP contribution in [0, 0.1) is 11.6 Å². The Morgan fingerprint density at radius 1 is 1.15 bits per heavy atom. The molecule has 0 radical (unpaired) electrons. The fourth-order valence-electron chi connectivity index (χ4n) is 8.91. The number of amides is 1. The van der Waals surface area contributed by atoms with Gasteiger partial charge in [0.05, 0.1) is 16.2 Å². The van der Waals surface area contributed by atoms with Crippen LogP contribution in [0.1, 0.15) is 38.5 Å². The number of anilines is 2. The van der Waals surface area contributed by atoms with Crippen molar-refractivity contribution in [3.8, 4) is 22.9 Å². The van der Waals surface area contributed by atoms with Crippen molar-refractivity contribution in [3.05, 3.63) is 47.1 Å². The first kappa shape index (κ1) is 28.4. The molecule has 9 rings (SSSR count). The van der Waals surface area contributed by atoms with Gasteiger partial charge in [-0.1, -0.05) is 17.7 Å². The molecule has 2 aromatic heterocycles. The first-order valence-corrected chi connectivity index (χ1v) is 16.4. The summed E-state index contributed by atoms with van der Waals surface area (Å²) in [5.74, 6) is -1.38. The van der Waals surface area contributed by atoms with Crippen LogP contribution in [-0.2, 0) is 4.79 Å². The number of carbonyl (C=O) groups excluding carboxylic acids is 1. The Labute approximate surface area is 269 Å². The molecule has 4 aromatic rings. The van der Waals surface area contributed by atoms with Crippen LogP contribution < -0.4 is 19.9 Å². The van der Waals surface area contributed by atoms with Crippen LogP contribution in [-0.4, -0.2) is 82.8 Å². The number of pyridine rings is 2. The predicted molar refractivity (Wildman–Crippen MR) is 172 cm³/mol. The summed E-state index contributed by atoms with van der Waals surface area (Å²) < 4.78 is 38.3. The number of fused-ring (bicyclic) bond motifs is 10. The Balaban J connectivity index is 1.27. The van der Waals surface area contributed by atoms with Crippen molar-refractivity contribution in [2.75, 3.05) is 43.1 Å². The summed E-state index contributed by atoms with van der Waals surface area (Å²) in [5, 5.41) is 15.1. The summed E-state index contributed by atoms with van der Waals surface area (Å²) in [6, 6.07) is 5.21. The second kappa shape index (κ2) is 10.1. The maximum absolute atomic E-state index is 17.0. The number of rotatable bonds is 4. The normalized spacial score (nSPS) is 25.0. The first-order valence-electron chi connectivity index (χ1n) is 16.1. The van der Waals surface area contributed by atoms with Crippen molar-refractivity contribution in [3.63, 3.8) is 0 Å². The van der Waals surface area contributed by atoms with Gasteiger partial charge in [0.1, 0.15) is 41.1 Å². The fourth-order valence-corrected chi connectivity index (χ4v) is 9.19.